The number of allylic oxidation sites excluding steroid dienone is 4. The van der Waals surface area contributed by atoms with E-state index in [0.717, 1.165) is 16.9 Å². The Hall–Kier alpha value is -2.18. The van der Waals surface area contributed by atoms with Crippen LogP contribution in [0.1, 0.15) is 17.7 Å². The van der Waals surface area contributed by atoms with Crippen LogP contribution in [0.5, 0.6) is 0 Å². The number of anilines is 1. The zero-order valence-corrected chi connectivity index (χ0v) is 14.6. The summed E-state index contributed by atoms with van der Waals surface area (Å²) in [6, 6.07) is 4.10. The molecule has 0 saturated heterocycles. The number of nitrogens with zero attached hydrogens (tertiary/aromatic N) is 2. The van der Waals surface area contributed by atoms with Crippen molar-refractivity contribution in [3.8, 4) is 0 Å². The molecule has 4 rings (SSSR count). The second-order valence-electron chi connectivity index (χ2n) is 5.73. The topological polar surface area (TPSA) is 53.4 Å². The zero-order valence-electron chi connectivity index (χ0n) is 12.9. The molecule has 0 radical (unpaired) electrons. The Labute approximate surface area is 147 Å². The van der Waals surface area contributed by atoms with Crippen LogP contribution in [0, 0.1) is 0 Å². The van der Waals surface area contributed by atoms with E-state index in [1.165, 1.54) is 20.6 Å². The van der Waals surface area contributed by atoms with Gasteiger partial charge in [0.05, 0.1) is 22.8 Å². The number of rotatable bonds is 6. The number of hydrogen-bond acceptors (Lipinski definition) is 5. The van der Waals surface area contributed by atoms with Gasteiger partial charge in [-0.3, -0.25) is 4.79 Å². The van der Waals surface area contributed by atoms with E-state index < -0.39 is 5.97 Å². The SMILES string of the molecule is O=C(O)CCN(Cc1cccs1)c1nc2c(s1)=CC1=CC=CCC=21. The highest BCUT2D eigenvalue weighted by Gasteiger charge is 2.19. The maximum Gasteiger partial charge on any atom is 0.305 e. The lowest BCUT2D eigenvalue weighted by Gasteiger charge is -2.20. The predicted octanol–water partition coefficient (Wildman–Crippen LogP) is 2.52. The molecule has 0 fully saturated rings. The van der Waals surface area contributed by atoms with Gasteiger partial charge in [-0.05, 0) is 35.1 Å². The van der Waals surface area contributed by atoms with Crippen LogP contribution in [0.2, 0.25) is 0 Å². The monoisotopic (exact) mass is 356 g/mol. The van der Waals surface area contributed by atoms with Gasteiger partial charge in [0.15, 0.2) is 5.13 Å². The van der Waals surface area contributed by atoms with Gasteiger partial charge >= 0.3 is 5.97 Å². The summed E-state index contributed by atoms with van der Waals surface area (Å²) >= 11 is 3.34. The van der Waals surface area contributed by atoms with Crippen molar-refractivity contribution in [2.24, 2.45) is 0 Å². The van der Waals surface area contributed by atoms with Crippen molar-refractivity contribution in [2.45, 2.75) is 19.4 Å². The van der Waals surface area contributed by atoms with Crippen molar-refractivity contribution in [3.63, 3.8) is 0 Å². The maximum atomic E-state index is 11.0. The van der Waals surface area contributed by atoms with E-state index in [9.17, 15) is 4.79 Å². The summed E-state index contributed by atoms with van der Waals surface area (Å²) in [6.45, 7) is 1.17. The Kier molecular flexibility index (Phi) is 4.08. The van der Waals surface area contributed by atoms with Crippen molar-refractivity contribution in [3.05, 3.63) is 56.1 Å². The second kappa shape index (κ2) is 6.37. The van der Waals surface area contributed by atoms with Gasteiger partial charge in [0.25, 0.3) is 0 Å². The standard InChI is InChI=1S/C18H16N2O2S2/c21-16(22)7-8-20(11-13-5-3-9-23-13)18-19-17-14-6-2-1-4-12(14)10-15(17)24-18/h1-5,9-10H,6-8,11H2,(H,21,22). The molecule has 0 bridgehead atoms. The third-order valence-electron chi connectivity index (χ3n) is 4.09. The molecule has 0 saturated carbocycles. The Morgan fingerprint density at radius 2 is 2.33 bits per heavy atom. The molecule has 4 nitrogen and oxygen atoms in total. The van der Waals surface area contributed by atoms with Gasteiger partial charge in [0, 0.05) is 11.4 Å². The summed E-state index contributed by atoms with van der Waals surface area (Å²) in [5.74, 6) is -0.779. The molecule has 1 N–H and O–H groups in total. The van der Waals surface area contributed by atoms with Crippen LogP contribution in [0.15, 0.2) is 41.3 Å². The minimum absolute atomic E-state index is 0.115. The lowest BCUT2D eigenvalue weighted by Crippen LogP contribution is -2.26. The number of thiophene rings is 1. The fourth-order valence-corrected chi connectivity index (χ4v) is 4.71. The number of fused-ring (bicyclic) bond motifs is 2. The molecule has 2 aliphatic carbocycles. The van der Waals surface area contributed by atoms with Crippen molar-refractivity contribution in [2.75, 3.05) is 11.4 Å². The van der Waals surface area contributed by atoms with E-state index >= 15 is 0 Å². The number of thiazole rings is 1. The fraction of sp³-hybridized carbons (Fsp3) is 0.222. The van der Waals surface area contributed by atoms with Gasteiger partial charge in [-0.2, -0.15) is 0 Å². The molecule has 0 amide bonds. The summed E-state index contributed by atoms with van der Waals surface area (Å²) < 4.78 is 1.18. The highest BCUT2D eigenvalue weighted by atomic mass is 32.1. The Morgan fingerprint density at radius 3 is 3.12 bits per heavy atom. The summed E-state index contributed by atoms with van der Waals surface area (Å²) in [6.07, 6.45) is 9.58. The van der Waals surface area contributed by atoms with Crippen molar-refractivity contribution < 1.29 is 9.90 Å². The van der Waals surface area contributed by atoms with Gasteiger partial charge in [0.2, 0.25) is 0 Å². The molecular formula is C18H16N2O2S2. The Balaban J connectivity index is 1.67. The highest BCUT2D eigenvalue weighted by molar-refractivity contribution is 7.13. The van der Waals surface area contributed by atoms with Crippen LogP contribution >= 0.6 is 22.7 Å². The molecule has 2 aliphatic rings. The average molecular weight is 356 g/mol. The first-order valence-electron chi connectivity index (χ1n) is 7.79. The highest BCUT2D eigenvalue weighted by Crippen LogP contribution is 2.26. The van der Waals surface area contributed by atoms with Crippen LogP contribution in [-0.4, -0.2) is 22.6 Å². The zero-order chi connectivity index (χ0) is 16.5. The fourth-order valence-electron chi connectivity index (χ4n) is 2.92. The molecule has 0 unspecified atom stereocenters. The van der Waals surface area contributed by atoms with E-state index in [0.29, 0.717) is 13.1 Å². The molecule has 0 atom stereocenters. The maximum absolute atomic E-state index is 11.0. The molecule has 2 aromatic heterocycles. The minimum Gasteiger partial charge on any atom is -0.481 e. The first-order chi connectivity index (χ1) is 11.7. The van der Waals surface area contributed by atoms with Crippen LogP contribution in [-0.2, 0) is 11.3 Å². The largest absolute Gasteiger partial charge is 0.481 e. The number of carbonyl (C=O) groups is 1. The van der Waals surface area contributed by atoms with E-state index in [1.54, 1.807) is 22.7 Å². The summed E-state index contributed by atoms with van der Waals surface area (Å²) in [5.41, 5.74) is 2.54. The molecule has 2 heterocycles. The second-order valence-corrected chi connectivity index (χ2v) is 7.77. The summed E-state index contributed by atoms with van der Waals surface area (Å²) in [5, 5.41) is 13.1. The van der Waals surface area contributed by atoms with E-state index in [4.69, 9.17) is 10.1 Å². The molecule has 0 aliphatic heterocycles. The Morgan fingerprint density at radius 1 is 1.42 bits per heavy atom. The molecule has 6 heteroatoms. The van der Waals surface area contributed by atoms with Crippen molar-refractivity contribution in [1.29, 1.82) is 0 Å². The van der Waals surface area contributed by atoms with Crippen LogP contribution in [0.25, 0.3) is 11.6 Å². The van der Waals surface area contributed by atoms with Crippen LogP contribution < -0.4 is 14.8 Å². The predicted molar refractivity (Wildman–Crippen MR) is 98.7 cm³/mol. The summed E-state index contributed by atoms with van der Waals surface area (Å²) in [4.78, 5) is 19.1. The third-order valence-corrected chi connectivity index (χ3v) is 6.01. The van der Waals surface area contributed by atoms with E-state index in [-0.39, 0.29) is 6.42 Å². The van der Waals surface area contributed by atoms with Crippen LogP contribution in [0.4, 0.5) is 5.13 Å². The van der Waals surface area contributed by atoms with Crippen molar-refractivity contribution >= 4 is 45.4 Å². The van der Waals surface area contributed by atoms with Gasteiger partial charge < -0.3 is 10.0 Å². The molecule has 0 aromatic carbocycles. The Bertz CT molecular complexity index is 952. The van der Waals surface area contributed by atoms with E-state index in [2.05, 4.69) is 35.3 Å². The van der Waals surface area contributed by atoms with E-state index in [1.807, 2.05) is 11.4 Å². The lowest BCUT2D eigenvalue weighted by atomic mass is 10.0. The normalized spacial score (nSPS) is 14.8. The van der Waals surface area contributed by atoms with Gasteiger partial charge in [-0.15, -0.1) is 11.3 Å². The number of carboxylic acid groups (broad SMARTS) is 1. The third kappa shape index (κ3) is 2.95. The first kappa shape index (κ1) is 15.4. The van der Waals surface area contributed by atoms with Crippen molar-refractivity contribution in [1.82, 2.24) is 4.98 Å². The molecule has 24 heavy (non-hydrogen) atoms. The molecule has 2 aromatic rings. The molecule has 0 spiro atoms. The number of carboxylic acids is 1. The number of hydrogen-bond donors (Lipinski definition) is 1. The smallest absolute Gasteiger partial charge is 0.305 e. The van der Waals surface area contributed by atoms with Gasteiger partial charge in [-0.25, -0.2) is 4.98 Å². The minimum atomic E-state index is -0.779. The lowest BCUT2D eigenvalue weighted by molar-refractivity contribution is -0.136. The number of aromatic nitrogens is 1. The average Bonchev–Trinajstić information content (AvgIpc) is 3.26. The first-order valence-corrected chi connectivity index (χ1v) is 9.48. The van der Waals surface area contributed by atoms with Crippen LogP contribution in [0.3, 0.4) is 0 Å². The van der Waals surface area contributed by atoms with Gasteiger partial charge in [0.1, 0.15) is 0 Å². The summed E-state index contributed by atoms with van der Waals surface area (Å²) in [7, 11) is 0. The van der Waals surface area contributed by atoms with Gasteiger partial charge in [-0.1, -0.05) is 35.6 Å². The number of aliphatic carboxylic acids is 1. The quantitative estimate of drug-likeness (QED) is 0.864. The molecular weight excluding hydrogens is 340 g/mol. The molecule has 122 valence electrons.